The van der Waals surface area contributed by atoms with Crippen LogP contribution in [0.25, 0.3) is 21.5 Å². The largest absolute Gasteiger partial charge is 0.317 e. The molecule has 0 saturated heterocycles. The number of hydrogen-bond acceptors (Lipinski definition) is 1. The van der Waals surface area contributed by atoms with Crippen LogP contribution in [0.1, 0.15) is 13.8 Å². The highest BCUT2D eigenvalue weighted by Crippen LogP contribution is 2.19. The molecule has 2 heteroatoms. The number of nitrogens with one attached hydrogen (secondary N) is 1. The van der Waals surface area contributed by atoms with Crippen LogP contribution in [0.15, 0.2) is 54.6 Å². The number of benzene rings is 3. The van der Waals surface area contributed by atoms with Gasteiger partial charge in [-0.25, -0.2) is 0 Å². The third kappa shape index (κ3) is 3.27. The maximum Gasteiger partial charge on any atom is 0.0494 e. The van der Waals surface area contributed by atoms with E-state index in [1.165, 1.54) is 26.7 Å². The number of fused-ring (bicyclic) bond motifs is 2. The summed E-state index contributed by atoms with van der Waals surface area (Å²) in [5.41, 5.74) is 0. The van der Waals surface area contributed by atoms with Crippen LogP contribution in [-0.2, 0) is 0 Å². The third-order valence-corrected chi connectivity index (χ3v) is 4.14. The van der Waals surface area contributed by atoms with Gasteiger partial charge in [-0.3, -0.25) is 0 Å². The second kappa shape index (κ2) is 7.22. The molecule has 3 rings (SSSR count). The van der Waals surface area contributed by atoms with Gasteiger partial charge in [0.05, 0.1) is 0 Å². The number of hydrogen-bond donors (Lipinski definition) is 1. The van der Waals surface area contributed by atoms with Crippen molar-refractivity contribution in [2.75, 3.05) is 13.1 Å². The summed E-state index contributed by atoms with van der Waals surface area (Å²) >= 11 is 0. The molecule has 1 radical (unpaired) electrons. The Morgan fingerprint density at radius 3 is 1.65 bits per heavy atom. The summed E-state index contributed by atoms with van der Waals surface area (Å²) in [6.45, 7) is 6.39. The zero-order valence-corrected chi connectivity index (χ0v) is 13.7. The lowest BCUT2D eigenvalue weighted by molar-refractivity contribution is 0.762. The van der Waals surface area contributed by atoms with E-state index in [1.807, 2.05) is 10.2 Å². The summed E-state index contributed by atoms with van der Waals surface area (Å²) < 4.78 is 0. The molecule has 0 amide bonds. The van der Waals surface area contributed by atoms with Gasteiger partial charge in [-0.05, 0) is 40.7 Å². The van der Waals surface area contributed by atoms with Crippen LogP contribution in [0.5, 0.6) is 0 Å². The fraction of sp³-hybridized carbons (Fsp3) is 0.222. The van der Waals surface area contributed by atoms with E-state index in [1.54, 1.807) is 0 Å². The van der Waals surface area contributed by atoms with Crippen molar-refractivity contribution >= 4 is 37.0 Å². The van der Waals surface area contributed by atoms with Crippen LogP contribution in [0.3, 0.4) is 0 Å². The summed E-state index contributed by atoms with van der Waals surface area (Å²) in [6, 6.07) is 19.4. The average Bonchev–Trinajstić information content (AvgIpc) is 2.49. The van der Waals surface area contributed by atoms with Gasteiger partial charge in [0.25, 0.3) is 0 Å². The lowest BCUT2D eigenvalue weighted by atomic mass is 10.0. The van der Waals surface area contributed by atoms with Crippen LogP contribution in [0.4, 0.5) is 0 Å². The van der Waals surface area contributed by atoms with Gasteiger partial charge in [0, 0.05) is 10.2 Å². The van der Waals surface area contributed by atoms with Gasteiger partial charge < -0.3 is 5.32 Å². The summed E-state index contributed by atoms with van der Waals surface area (Å²) in [5.74, 6) is 0. The van der Waals surface area contributed by atoms with Crippen molar-refractivity contribution in [3.05, 3.63) is 54.6 Å². The molecule has 1 nitrogen and oxygen atoms in total. The maximum absolute atomic E-state index is 3.11. The van der Waals surface area contributed by atoms with Crippen molar-refractivity contribution in [2.24, 2.45) is 0 Å². The van der Waals surface area contributed by atoms with Gasteiger partial charge >= 0.3 is 0 Å². The highest BCUT2D eigenvalue weighted by atomic mass is 28.1. The van der Waals surface area contributed by atoms with Crippen molar-refractivity contribution in [3.63, 3.8) is 0 Å². The SMILES string of the molecule is CCNCC.[SiH2]c1c2ccccc2cc2ccccc12. The van der Waals surface area contributed by atoms with Crippen molar-refractivity contribution in [2.45, 2.75) is 13.8 Å². The second-order valence-electron chi connectivity index (χ2n) is 4.75. The molecule has 0 fully saturated rings. The van der Waals surface area contributed by atoms with Gasteiger partial charge in [0.1, 0.15) is 0 Å². The molecule has 103 valence electrons. The molecule has 0 bridgehead atoms. The zero-order valence-electron chi connectivity index (χ0n) is 12.3. The van der Waals surface area contributed by atoms with E-state index in [9.17, 15) is 0 Å². The first-order valence-corrected chi connectivity index (χ1v) is 7.91. The van der Waals surface area contributed by atoms with E-state index in [0.717, 1.165) is 13.1 Å². The smallest absolute Gasteiger partial charge is 0.0494 e. The molecule has 20 heavy (non-hydrogen) atoms. The molecule has 1 N–H and O–H groups in total. The highest BCUT2D eigenvalue weighted by molar-refractivity contribution is 6.45. The highest BCUT2D eigenvalue weighted by Gasteiger charge is 2.01. The molecule has 0 unspecified atom stereocenters. The fourth-order valence-corrected chi connectivity index (χ4v) is 3.00. The van der Waals surface area contributed by atoms with Crippen LogP contribution in [0, 0.1) is 0 Å². The first-order valence-electron chi connectivity index (χ1n) is 7.21. The molecule has 0 atom stereocenters. The molecule has 3 aromatic carbocycles. The molecule has 0 heterocycles. The molecule has 3 aromatic rings. The van der Waals surface area contributed by atoms with Crippen molar-refractivity contribution < 1.29 is 0 Å². The van der Waals surface area contributed by atoms with E-state index in [-0.39, 0.29) is 0 Å². The van der Waals surface area contributed by atoms with E-state index >= 15 is 0 Å². The van der Waals surface area contributed by atoms with E-state index in [4.69, 9.17) is 0 Å². The second-order valence-corrected chi connectivity index (χ2v) is 5.46. The van der Waals surface area contributed by atoms with E-state index < -0.39 is 0 Å². The standard InChI is InChI=1S/C14H11Si.C4H11N/c15-14-12-7-3-1-5-10(12)9-11-6-2-4-8-13(11)14;1-3-5-4-2/h1-9H,15H2;5H,3-4H2,1-2H3. The minimum atomic E-state index is 1.09. The van der Waals surface area contributed by atoms with E-state index in [0.29, 0.717) is 0 Å². The Morgan fingerprint density at radius 2 is 1.25 bits per heavy atom. The molecule has 0 spiro atoms. The van der Waals surface area contributed by atoms with Gasteiger partial charge in [0.2, 0.25) is 0 Å². The normalized spacial score (nSPS) is 10.3. The first-order chi connectivity index (χ1) is 9.77. The Hall–Kier alpha value is -1.64. The average molecular weight is 280 g/mol. The Kier molecular flexibility index (Phi) is 5.33. The van der Waals surface area contributed by atoms with E-state index in [2.05, 4.69) is 73.8 Å². The molecule has 0 aromatic heterocycles. The van der Waals surface area contributed by atoms with Gasteiger partial charge in [0.15, 0.2) is 0 Å². The predicted octanol–water partition coefficient (Wildman–Crippen LogP) is 2.87. The minimum Gasteiger partial charge on any atom is -0.317 e. The Balaban J connectivity index is 0.000000257. The van der Waals surface area contributed by atoms with Gasteiger partial charge in [-0.1, -0.05) is 67.6 Å². The maximum atomic E-state index is 3.11. The van der Waals surface area contributed by atoms with Crippen molar-refractivity contribution in [1.82, 2.24) is 5.32 Å². The molecule has 0 aliphatic heterocycles. The summed E-state index contributed by atoms with van der Waals surface area (Å²) in [6.07, 6.45) is 0. The number of rotatable bonds is 2. The van der Waals surface area contributed by atoms with Crippen LogP contribution >= 0.6 is 0 Å². The molecule has 0 aliphatic rings. The Labute approximate surface area is 124 Å². The summed E-state index contributed by atoms with van der Waals surface area (Å²) in [7, 11) is 1.98. The predicted molar refractivity (Wildman–Crippen MR) is 93.8 cm³/mol. The van der Waals surface area contributed by atoms with Crippen molar-refractivity contribution in [3.8, 4) is 0 Å². The fourth-order valence-electron chi connectivity index (χ4n) is 2.36. The topological polar surface area (TPSA) is 12.0 Å². The summed E-state index contributed by atoms with van der Waals surface area (Å²) in [4.78, 5) is 0. The monoisotopic (exact) mass is 280 g/mol. The van der Waals surface area contributed by atoms with Crippen LogP contribution < -0.4 is 10.5 Å². The van der Waals surface area contributed by atoms with Gasteiger partial charge in [-0.15, -0.1) is 0 Å². The molecular formula is C18H22NSi. The molecule has 0 saturated carbocycles. The third-order valence-electron chi connectivity index (χ3n) is 3.38. The van der Waals surface area contributed by atoms with Crippen molar-refractivity contribution in [1.29, 1.82) is 0 Å². The minimum absolute atomic E-state index is 1.09. The first kappa shape index (κ1) is 14.8. The lowest BCUT2D eigenvalue weighted by Gasteiger charge is -2.06. The molecular weight excluding hydrogens is 258 g/mol. The lowest BCUT2D eigenvalue weighted by Crippen LogP contribution is -2.09. The molecule has 0 aliphatic carbocycles. The zero-order chi connectivity index (χ0) is 14.4. The quantitative estimate of drug-likeness (QED) is 0.562. The summed E-state index contributed by atoms with van der Waals surface area (Å²) in [5, 5.41) is 9.93. The Morgan fingerprint density at radius 1 is 0.800 bits per heavy atom. The Bertz CT molecular complexity index is 635. The van der Waals surface area contributed by atoms with Gasteiger partial charge in [-0.2, -0.15) is 0 Å². The van der Waals surface area contributed by atoms with Crippen LogP contribution in [0.2, 0.25) is 0 Å². The van der Waals surface area contributed by atoms with Crippen LogP contribution in [-0.4, -0.2) is 23.3 Å².